The van der Waals surface area contributed by atoms with Gasteiger partial charge in [-0.25, -0.2) is 28.1 Å². The van der Waals surface area contributed by atoms with Crippen LogP contribution in [0.2, 0.25) is 0 Å². The van der Waals surface area contributed by atoms with Gasteiger partial charge in [0.05, 0.1) is 28.4 Å². The summed E-state index contributed by atoms with van der Waals surface area (Å²) >= 11 is 0. The lowest BCUT2D eigenvalue weighted by molar-refractivity contribution is 0.0796. The molecule has 0 bridgehead atoms. The quantitative estimate of drug-likeness (QED) is 0.466. The molecule has 0 radical (unpaired) electrons. The van der Waals surface area contributed by atoms with Gasteiger partial charge in [0.25, 0.3) is 0 Å². The topological polar surface area (TPSA) is 94.1 Å². The van der Waals surface area contributed by atoms with E-state index in [0.29, 0.717) is 17.9 Å². The number of rotatable bonds is 6. The molecule has 0 aliphatic carbocycles. The van der Waals surface area contributed by atoms with Crippen LogP contribution in [0.5, 0.6) is 0 Å². The minimum absolute atomic E-state index is 0.181. The molecule has 1 atom stereocenters. The Morgan fingerprint density at radius 1 is 1.00 bits per heavy atom. The predicted octanol–water partition coefficient (Wildman–Crippen LogP) is 4.06. The molecule has 8 heteroatoms. The van der Waals surface area contributed by atoms with E-state index < -0.39 is 10.0 Å². The van der Waals surface area contributed by atoms with Gasteiger partial charge in [0.15, 0.2) is 0 Å². The molecule has 0 amide bonds. The number of nitrogens with one attached hydrogen (secondary N) is 1. The number of hydrogen-bond donors (Lipinski definition) is 1. The monoisotopic (exact) mass is 460 g/mol. The average molecular weight is 461 g/mol. The molecule has 0 spiro atoms. The molecule has 1 aliphatic heterocycles. The number of benzene rings is 2. The molecule has 2 aromatic heterocycles. The van der Waals surface area contributed by atoms with Gasteiger partial charge in [0, 0.05) is 24.6 Å². The van der Waals surface area contributed by atoms with Crippen LogP contribution in [0.4, 0.5) is 0 Å². The second-order valence-electron chi connectivity index (χ2n) is 8.08. The lowest BCUT2D eigenvalue weighted by atomic mass is 9.97. The first kappa shape index (κ1) is 21.6. The highest BCUT2D eigenvalue weighted by molar-refractivity contribution is 7.89. The molecule has 5 rings (SSSR count). The van der Waals surface area contributed by atoms with Gasteiger partial charge in [-0.05, 0) is 42.7 Å². The molecular weight excluding hydrogens is 436 g/mol. The smallest absolute Gasteiger partial charge is 0.240 e. The molecule has 3 heterocycles. The first-order valence-corrected chi connectivity index (χ1v) is 12.4. The third-order valence-electron chi connectivity index (χ3n) is 5.81. The summed E-state index contributed by atoms with van der Waals surface area (Å²) in [5.41, 5.74) is 4.68. The fourth-order valence-electron chi connectivity index (χ4n) is 4.05. The summed E-state index contributed by atoms with van der Waals surface area (Å²) in [5.74, 6) is 0.181. The summed E-state index contributed by atoms with van der Waals surface area (Å²) in [6.45, 7) is 1.63. The van der Waals surface area contributed by atoms with Crippen molar-refractivity contribution in [2.24, 2.45) is 0 Å². The van der Waals surface area contributed by atoms with Crippen LogP contribution in [0.25, 0.3) is 22.3 Å². The van der Waals surface area contributed by atoms with Crippen molar-refractivity contribution in [3.05, 3.63) is 84.3 Å². The van der Waals surface area contributed by atoms with E-state index >= 15 is 0 Å². The largest absolute Gasteiger partial charge is 0.381 e. The zero-order chi connectivity index (χ0) is 22.7. The Balaban J connectivity index is 1.46. The Hall–Kier alpha value is -3.20. The third kappa shape index (κ3) is 4.78. The second kappa shape index (κ2) is 9.35. The molecule has 4 aromatic rings. The summed E-state index contributed by atoms with van der Waals surface area (Å²) in [7, 11) is -3.68. The van der Waals surface area contributed by atoms with Crippen molar-refractivity contribution in [2.75, 3.05) is 13.2 Å². The van der Waals surface area contributed by atoms with Crippen LogP contribution >= 0.6 is 0 Å². The van der Waals surface area contributed by atoms with Crippen molar-refractivity contribution in [1.82, 2.24) is 19.7 Å². The van der Waals surface area contributed by atoms with Crippen LogP contribution < -0.4 is 4.72 Å². The van der Waals surface area contributed by atoms with Crippen molar-refractivity contribution in [2.45, 2.75) is 30.2 Å². The van der Waals surface area contributed by atoms with Gasteiger partial charge in [-0.2, -0.15) is 0 Å². The van der Waals surface area contributed by atoms with Crippen LogP contribution in [0.3, 0.4) is 0 Å². The van der Waals surface area contributed by atoms with E-state index in [1.54, 1.807) is 24.5 Å². The Morgan fingerprint density at radius 3 is 2.70 bits per heavy atom. The van der Waals surface area contributed by atoms with Crippen molar-refractivity contribution in [1.29, 1.82) is 0 Å². The summed E-state index contributed by atoms with van der Waals surface area (Å²) in [5, 5.41) is 0. The minimum atomic E-state index is -3.68. The number of ether oxygens (including phenoxy) is 1. The normalized spacial score (nSPS) is 16.7. The summed E-state index contributed by atoms with van der Waals surface area (Å²) in [6, 6.07) is 20.0. The van der Waals surface area contributed by atoms with Crippen LogP contribution in [0, 0.1) is 0 Å². The fourth-order valence-corrected chi connectivity index (χ4v) is 5.12. The van der Waals surface area contributed by atoms with Crippen molar-refractivity contribution < 1.29 is 13.2 Å². The average Bonchev–Trinajstić information content (AvgIpc) is 2.88. The van der Waals surface area contributed by atoms with Crippen LogP contribution in [-0.2, 0) is 21.3 Å². The maximum atomic E-state index is 12.9. The second-order valence-corrected chi connectivity index (χ2v) is 9.84. The third-order valence-corrected chi connectivity index (χ3v) is 7.21. The molecule has 33 heavy (non-hydrogen) atoms. The minimum Gasteiger partial charge on any atom is -0.381 e. The molecule has 1 unspecified atom stereocenters. The molecular formula is C25H24N4O3S. The van der Waals surface area contributed by atoms with Crippen LogP contribution in [0.15, 0.2) is 78.0 Å². The molecule has 1 N–H and O–H groups in total. The number of hydrogen-bond acceptors (Lipinski definition) is 6. The Kier molecular flexibility index (Phi) is 6.13. The Bertz CT molecular complexity index is 1370. The van der Waals surface area contributed by atoms with E-state index in [4.69, 9.17) is 9.72 Å². The molecule has 1 fully saturated rings. The molecule has 168 valence electrons. The van der Waals surface area contributed by atoms with E-state index in [-0.39, 0.29) is 17.4 Å². The Morgan fingerprint density at radius 2 is 1.88 bits per heavy atom. The van der Waals surface area contributed by atoms with Gasteiger partial charge in [0.1, 0.15) is 11.8 Å². The first-order chi connectivity index (χ1) is 16.1. The molecule has 7 nitrogen and oxygen atoms in total. The number of fused-ring (bicyclic) bond motifs is 1. The van der Waals surface area contributed by atoms with E-state index in [1.165, 1.54) is 0 Å². The standard InChI is InChI=1S/C25H24N4O3S/c30-33(31,28-15-18-6-2-1-3-7-18)21-10-4-8-19(14-21)22-11-12-23-25(29-22)24(27-17-26-23)20-9-5-13-32-16-20/h1-4,6-8,10-12,14,17,20,28H,5,9,13,15-16H2. The number of sulfonamides is 1. The van der Waals surface area contributed by atoms with E-state index in [9.17, 15) is 8.42 Å². The Labute approximate surface area is 192 Å². The predicted molar refractivity (Wildman–Crippen MR) is 126 cm³/mol. The maximum Gasteiger partial charge on any atom is 0.240 e. The van der Waals surface area contributed by atoms with Crippen molar-refractivity contribution in [3.8, 4) is 11.3 Å². The molecule has 2 aromatic carbocycles. The lowest BCUT2D eigenvalue weighted by Gasteiger charge is -2.22. The van der Waals surface area contributed by atoms with Gasteiger partial charge in [-0.15, -0.1) is 0 Å². The lowest BCUT2D eigenvalue weighted by Crippen LogP contribution is -2.23. The zero-order valence-electron chi connectivity index (χ0n) is 18.0. The van der Waals surface area contributed by atoms with Gasteiger partial charge in [-0.3, -0.25) is 0 Å². The highest BCUT2D eigenvalue weighted by Gasteiger charge is 2.21. The molecule has 0 saturated carbocycles. The van der Waals surface area contributed by atoms with Crippen LogP contribution in [0.1, 0.15) is 30.0 Å². The van der Waals surface area contributed by atoms with E-state index in [0.717, 1.165) is 41.7 Å². The van der Waals surface area contributed by atoms with Gasteiger partial charge < -0.3 is 4.74 Å². The number of pyridine rings is 1. The SMILES string of the molecule is O=S(=O)(NCc1ccccc1)c1cccc(-c2ccc3ncnc(C4CCCOC4)c3n2)c1. The van der Waals surface area contributed by atoms with Crippen LogP contribution in [-0.4, -0.2) is 36.6 Å². The summed E-state index contributed by atoms with van der Waals surface area (Å²) < 4.78 is 34.1. The first-order valence-electron chi connectivity index (χ1n) is 10.9. The zero-order valence-corrected chi connectivity index (χ0v) is 18.8. The van der Waals surface area contributed by atoms with Crippen molar-refractivity contribution >= 4 is 21.1 Å². The number of aromatic nitrogens is 3. The summed E-state index contributed by atoms with van der Waals surface area (Å²) in [6.07, 6.45) is 3.56. The summed E-state index contributed by atoms with van der Waals surface area (Å²) in [4.78, 5) is 13.9. The maximum absolute atomic E-state index is 12.9. The highest BCUT2D eigenvalue weighted by atomic mass is 32.2. The van der Waals surface area contributed by atoms with Gasteiger partial charge in [-0.1, -0.05) is 42.5 Å². The van der Waals surface area contributed by atoms with Gasteiger partial charge in [0.2, 0.25) is 10.0 Å². The van der Waals surface area contributed by atoms with Crippen molar-refractivity contribution in [3.63, 3.8) is 0 Å². The van der Waals surface area contributed by atoms with E-state index in [2.05, 4.69) is 14.7 Å². The van der Waals surface area contributed by atoms with E-state index in [1.807, 2.05) is 48.5 Å². The number of nitrogens with zero attached hydrogens (tertiary/aromatic N) is 3. The van der Waals surface area contributed by atoms with Gasteiger partial charge >= 0.3 is 0 Å². The molecule has 1 saturated heterocycles. The fraction of sp³-hybridized carbons (Fsp3) is 0.240. The highest BCUT2D eigenvalue weighted by Crippen LogP contribution is 2.30. The molecule has 1 aliphatic rings.